The Balaban J connectivity index is 2.78. The van der Waals surface area contributed by atoms with E-state index in [1.54, 1.807) is 14.0 Å². The van der Waals surface area contributed by atoms with Crippen LogP contribution in [0, 0.1) is 0 Å². The van der Waals surface area contributed by atoms with E-state index in [1.807, 2.05) is 24.3 Å². The zero-order valence-corrected chi connectivity index (χ0v) is 8.34. The fraction of sp³-hybridized carbons (Fsp3) is 0.333. The van der Waals surface area contributed by atoms with Crippen LogP contribution < -0.4 is 9.20 Å². The van der Waals surface area contributed by atoms with Crippen LogP contribution in [0.3, 0.4) is 0 Å². The molecule has 1 nitrogen and oxygen atoms in total. The molecule has 1 aromatic rings. The molecule has 0 spiro atoms. The van der Waals surface area contributed by atoms with Gasteiger partial charge in [0.15, 0.2) is 0 Å². The van der Waals surface area contributed by atoms with Crippen LogP contribution in [0.2, 0.25) is 5.27 Å². The van der Waals surface area contributed by atoms with Crippen LogP contribution >= 0.6 is 0 Å². The third kappa shape index (κ3) is 2.57. The van der Waals surface area contributed by atoms with Crippen LogP contribution in [0.1, 0.15) is 9.67 Å². The van der Waals surface area contributed by atoms with Gasteiger partial charge in [-0.1, -0.05) is 0 Å². The predicted octanol–water partition coefficient (Wildman–Crippen LogP) is 1.46. The molecule has 0 saturated heterocycles. The van der Waals surface area contributed by atoms with E-state index in [1.165, 1.54) is 0 Å². The fourth-order valence-corrected chi connectivity index (χ4v) is 1.95. The topological polar surface area (TPSA) is 9.23 Å². The van der Waals surface area contributed by atoms with Gasteiger partial charge in [-0.3, -0.25) is 0 Å². The van der Waals surface area contributed by atoms with Gasteiger partial charge >= 0.3 is 76.2 Å². The van der Waals surface area contributed by atoms with Gasteiger partial charge in [0.1, 0.15) is 0 Å². The molecule has 2 heteroatoms. The fourth-order valence-electron chi connectivity index (χ4n) is 0.783. The summed E-state index contributed by atoms with van der Waals surface area (Å²) < 4.78 is 21.0. The maximum absolute atomic E-state index is 7.45. The average Bonchev–Trinajstić information content (AvgIpc) is 2.01. The van der Waals surface area contributed by atoms with Gasteiger partial charge in [-0.25, -0.2) is 0 Å². The molecule has 0 atom stereocenters. The molecule has 0 unspecified atom stereocenters. The normalized spacial score (nSPS) is 13.6. The van der Waals surface area contributed by atoms with Crippen molar-refractivity contribution in [2.45, 2.75) is 12.2 Å². The van der Waals surface area contributed by atoms with Crippen LogP contribution in [0.15, 0.2) is 24.3 Å². The van der Waals surface area contributed by atoms with E-state index in [9.17, 15) is 0 Å². The van der Waals surface area contributed by atoms with Crippen molar-refractivity contribution < 1.29 is 7.48 Å². The maximum atomic E-state index is 7.45. The monoisotopic (exact) mass is 219 g/mol. The third-order valence-corrected chi connectivity index (χ3v) is 2.72. The SMILES string of the molecule is [2H][13C]([2H])(C)[Se]c1cccc(OC)c1. The van der Waals surface area contributed by atoms with Gasteiger partial charge < -0.3 is 0 Å². The summed E-state index contributed by atoms with van der Waals surface area (Å²) in [6.45, 7) is 1.60. The summed E-state index contributed by atoms with van der Waals surface area (Å²) >= 11 is -0.151. The summed E-state index contributed by atoms with van der Waals surface area (Å²) in [5.41, 5.74) is 0. The summed E-state index contributed by atoms with van der Waals surface area (Å²) in [7, 11) is 1.62. The molecular formula is C9H12OSe. The first-order valence-corrected chi connectivity index (χ1v) is 5.06. The van der Waals surface area contributed by atoms with Crippen LogP contribution in [-0.4, -0.2) is 22.1 Å². The van der Waals surface area contributed by atoms with Gasteiger partial charge in [-0.15, -0.1) is 0 Å². The number of hydrogen-bond donors (Lipinski definition) is 0. The number of ether oxygens (including phenoxy) is 1. The van der Waals surface area contributed by atoms with E-state index in [2.05, 4.69) is 0 Å². The van der Waals surface area contributed by atoms with Crippen LogP contribution in [0.4, 0.5) is 0 Å². The second kappa shape index (κ2) is 4.42. The van der Waals surface area contributed by atoms with Gasteiger partial charge in [-0.05, 0) is 0 Å². The van der Waals surface area contributed by atoms with Gasteiger partial charge in [0.05, 0.1) is 0 Å². The first kappa shape index (κ1) is 6.10. The Labute approximate surface area is 76.7 Å². The number of methoxy groups -OCH3 is 1. The number of benzene rings is 1. The molecule has 0 aromatic heterocycles. The molecule has 11 heavy (non-hydrogen) atoms. The molecular weight excluding hydrogens is 204 g/mol. The Morgan fingerprint density at radius 3 is 3.09 bits per heavy atom. The average molecular weight is 218 g/mol. The molecule has 0 aliphatic carbocycles. The van der Waals surface area contributed by atoms with Crippen molar-refractivity contribution in [2.75, 3.05) is 7.11 Å². The molecule has 1 rings (SSSR count). The Kier molecular flexibility index (Phi) is 2.45. The summed E-state index contributed by atoms with van der Waals surface area (Å²) in [6.07, 6.45) is 0. The Morgan fingerprint density at radius 2 is 2.45 bits per heavy atom. The summed E-state index contributed by atoms with van der Waals surface area (Å²) in [5, 5.41) is -1.10. The van der Waals surface area contributed by atoms with E-state index in [0.717, 1.165) is 10.2 Å². The summed E-state index contributed by atoms with van der Waals surface area (Å²) in [4.78, 5) is 0. The first-order chi connectivity index (χ1) is 6.01. The standard InChI is InChI=1S/C9H12OSe/c1-3-11-9-6-4-5-8(7-9)10-2/h4-7H,3H2,1-2H3/i3+1D2. The second-order valence-electron chi connectivity index (χ2n) is 1.99. The molecule has 0 aliphatic heterocycles. The van der Waals surface area contributed by atoms with Crippen molar-refractivity contribution in [3.05, 3.63) is 24.3 Å². The van der Waals surface area contributed by atoms with E-state index in [-0.39, 0.29) is 15.0 Å². The van der Waals surface area contributed by atoms with Gasteiger partial charge in [0.25, 0.3) is 0 Å². The third-order valence-electron chi connectivity index (χ3n) is 1.26. The molecule has 0 heterocycles. The van der Waals surface area contributed by atoms with E-state index in [4.69, 9.17) is 7.48 Å². The van der Waals surface area contributed by atoms with E-state index < -0.39 is 5.27 Å². The predicted molar refractivity (Wildman–Crippen MR) is 48.9 cm³/mol. The molecule has 0 radical (unpaired) electrons. The molecule has 60 valence electrons. The minimum atomic E-state index is -1.10. The minimum absolute atomic E-state index is 0.151. The van der Waals surface area contributed by atoms with E-state index in [0.29, 0.717) is 0 Å². The molecule has 1 aromatic carbocycles. The van der Waals surface area contributed by atoms with Gasteiger partial charge in [0, 0.05) is 0 Å². The summed E-state index contributed by atoms with van der Waals surface area (Å²) in [5.74, 6) is 0.795. The van der Waals surface area contributed by atoms with Crippen LogP contribution in [0.25, 0.3) is 0 Å². The molecule has 0 bridgehead atoms. The van der Waals surface area contributed by atoms with Crippen molar-refractivity contribution in [2.24, 2.45) is 0 Å². The molecule has 0 fully saturated rings. The van der Waals surface area contributed by atoms with Gasteiger partial charge in [-0.2, -0.15) is 0 Å². The van der Waals surface area contributed by atoms with Crippen molar-refractivity contribution in [3.63, 3.8) is 0 Å². The van der Waals surface area contributed by atoms with Crippen molar-refractivity contribution in [1.82, 2.24) is 0 Å². The second-order valence-corrected chi connectivity index (χ2v) is 4.26. The molecule has 0 aliphatic rings. The first-order valence-electron chi connectivity index (χ1n) is 4.34. The molecule has 0 amide bonds. The van der Waals surface area contributed by atoms with E-state index >= 15 is 0 Å². The number of rotatable bonds is 3. The molecule has 0 N–H and O–H groups in total. The molecule has 0 saturated carbocycles. The van der Waals surface area contributed by atoms with Crippen molar-refractivity contribution in [3.8, 4) is 5.75 Å². The Hall–Kier alpha value is -0.461. The summed E-state index contributed by atoms with van der Waals surface area (Å²) in [6, 6.07) is 7.58. The van der Waals surface area contributed by atoms with Crippen LogP contribution in [-0.2, 0) is 0 Å². The van der Waals surface area contributed by atoms with Crippen molar-refractivity contribution >= 4 is 19.4 Å². The Morgan fingerprint density at radius 1 is 1.64 bits per heavy atom. The zero-order valence-electron chi connectivity index (χ0n) is 8.63. The number of hydrogen-bond acceptors (Lipinski definition) is 1. The van der Waals surface area contributed by atoms with Crippen molar-refractivity contribution in [1.29, 1.82) is 0 Å². The Bertz CT molecular complexity index is 283. The van der Waals surface area contributed by atoms with Gasteiger partial charge in [0.2, 0.25) is 0 Å². The quantitative estimate of drug-likeness (QED) is 0.551. The van der Waals surface area contributed by atoms with Crippen LogP contribution in [0.5, 0.6) is 5.75 Å². The zero-order chi connectivity index (χ0) is 9.90.